The van der Waals surface area contributed by atoms with Gasteiger partial charge in [-0.25, -0.2) is 9.59 Å². The highest BCUT2D eigenvalue weighted by atomic mass is 32.2. The third-order valence-corrected chi connectivity index (χ3v) is 10.2. The summed E-state index contributed by atoms with van der Waals surface area (Å²) in [5.74, 6) is -2.31. The van der Waals surface area contributed by atoms with Crippen LogP contribution in [0.4, 0.5) is 10.5 Å². The van der Waals surface area contributed by atoms with Crippen molar-refractivity contribution in [2.75, 3.05) is 40.3 Å². The van der Waals surface area contributed by atoms with Crippen LogP contribution >= 0.6 is 11.8 Å². The molecule has 45 heavy (non-hydrogen) atoms. The van der Waals surface area contributed by atoms with Crippen LogP contribution in [0.1, 0.15) is 25.8 Å². The molecule has 0 saturated carbocycles. The number of nitro groups is 1. The molecule has 0 spiro atoms. The minimum absolute atomic E-state index is 0.0875. The Bertz CT molecular complexity index is 1460. The number of nitrogens with zero attached hydrogens (tertiary/aromatic N) is 6. The summed E-state index contributed by atoms with van der Waals surface area (Å²) in [6.07, 6.45) is -1.45. The Labute approximate surface area is 263 Å². The van der Waals surface area contributed by atoms with Gasteiger partial charge in [0.2, 0.25) is 11.8 Å². The molecule has 3 amide bonds. The highest BCUT2D eigenvalue weighted by Crippen LogP contribution is 2.52. The van der Waals surface area contributed by atoms with Gasteiger partial charge in [0.25, 0.3) is 5.69 Å². The maximum atomic E-state index is 13.9. The standard InChI is InChI=1S/C29H36N6O9S/c1-15-23-22(16(2)36)27(38)34(23)24(28(39)40)25(15)45-19-11-20(26(37)32-10-9-30-21(13-32)31(3)4)33(12-19)29(41)44-14-17-5-7-18(8-6-17)35(42)43/h5-8,15-16,19-20,22-23,36H,9-14H2,1-4H3,(H,39,40)/t15-,16-,19+,20+,22-,23-/m1/s1. The number of carbonyl (C=O) groups excluding carboxylic acids is 3. The number of ether oxygens (including phenoxy) is 1. The lowest BCUT2D eigenvalue weighted by Crippen LogP contribution is -2.63. The van der Waals surface area contributed by atoms with Crippen LogP contribution in [0, 0.1) is 22.0 Å². The monoisotopic (exact) mass is 644 g/mol. The van der Waals surface area contributed by atoms with Crippen molar-refractivity contribution in [3.8, 4) is 0 Å². The van der Waals surface area contributed by atoms with Gasteiger partial charge >= 0.3 is 12.1 Å². The number of amidine groups is 1. The number of β-lactam (4-membered cyclic amide) rings is 1. The fourth-order valence-corrected chi connectivity index (χ4v) is 7.92. The number of benzene rings is 1. The van der Waals surface area contributed by atoms with Crippen molar-refractivity contribution in [1.82, 2.24) is 19.6 Å². The first kappa shape index (κ1) is 32.2. The summed E-state index contributed by atoms with van der Waals surface area (Å²) in [4.78, 5) is 73.9. The highest BCUT2D eigenvalue weighted by Gasteiger charge is 2.60. The molecular weight excluding hydrogens is 608 g/mol. The van der Waals surface area contributed by atoms with Crippen molar-refractivity contribution >= 4 is 47.2 Å². The van der Waals surface area contributed by atoms with Crippen molar-refractivity contribution in [2.45, 2.75) is 50.3 Å². The summed E-state index contributed by atoms with van der Waals surface area (Å²) in [7, 11) is 3.67. The first-order valence-electron chi connectivity index (χ1n) is 14.6. The van der Waals surface area contributed by atoms with E-state index in [4.69, 9.17) is 4.74 Å². The lowest BCUT2D eigenvalue weighted by Gasteiger charge is -2.46. The molecule has 15 nitrogen and oxygen atoms in total. The number of amides is 3. The minimum Gasteiger partial charge on any atom is -0.477 e. The average molecular weight is 645 g/mol. The van der Waals surface area contributed by atoms with Crippen molar-refractivity contribution < 1.29 is 39.1 Å². The second-order valence-corrected chi connectivity index (χ2v) is 13.2. The SMILES string of the molecule is C[C@@H](O)[C@H]1C(=O)N2C(C(=O)O)=C(S[C@H]3C[C@@H](C(=O)N4CCN=C(N(C)C)C4)N(C(=O)OCc4ccc([N+](=O)[O-])cc4)C3)[C@H](C)[C@H]12. The van der Waals surface area contributed by atoms with Gasteiger partial charge in [0, 0.05) is 55.4 Å². The Morgan fingerprint density at radius 1 is 1.24 bits per heavy atom. The number of aliphatic carboxylic acids is 1. The van der Waals surface area contributed by atoms with E-state index in [2.05, 4.69) is 4.99 Å². The van der Waals surface area contributed by atoms with E-state index in [1.54, 1.807) is 4.90 Å². The molecule has 242 valence electrons. The molecule has 4 aliphatic heterocycles. The highest BCUT2D eigenvalue weighted by molar-refractivity contribution is 8.03. The number of rotatable bonds is 8. The summed E-state index contributed by atoms with van der Waals surface area (Å²) in [5, 5.41) is 30.8. The number of aliphatic hydroxyl groups is 1. The van der Waals surface area contributed by atoms with E-state index in [1.807, 2.05) is 25.9 Å². The van der Waals surface area contributed by atoms with Crippen LogP contribution < -0.4 is 0 Å². The number of carboxylic acids is 1. The van der Waals surface area contributed by atoms with E-state index < -0.39 is 47.0 Å². The van der Waals surface area contributed by atoms with Gasteiger partial charge < -0.3 is 29.6 Å². The molecular formula is C29H36N6O9S. The van der Waals surface area contributed by atoms with Crippen LogP contribution in [0.2, 0.25) is 0 Å². The molecule has 0 aromatic heterocycles. The maximum Gasteiger partial charge on any atom is 0.410 e. The summed E-state index contributed by atoms with van der Waals surface area (Å²) in [5.41, 5.74) is 0.312. The van der Waals surface area contributed by atoms with Gasteiger partial charge in [-0.3, -0.25) is 29.6 Å². The van der Waals surface area contributed by atoms with Gasteiger partial charge in [-0.15, -0.1) is 11.8 Å². The van der Waals surface area contributed by atoms with Crippen LogP contribution in [0.5, 0.6) is 0 Å². The molecule has 16 heteroatoms. The van der Waals surface area contributed by atoms with Crippen LogP contribution in [-0.2, 0) is 25.7 Å². The molecule has 4 heterocycles. The van der Waals surface area contributed by atoms with Crippen molar-refractivity contribution in [3.05, 3.63) is 50.5 Å². The summed E-state index contributed by atoms with van der Waals surface area (Å²) in [6, 6.07) is 4.22. The zero-order valence-electron chi connectivity index (χ0n) is 25.4. The van der Waals surface area contributed by atoms with E-state index in [1.165, 1.54) is 52.8 Å². The van der Waals surface area contributed by atoms with E-state index >= 15 is 0 Å². The van der Waals surface area contributed by atoms with Crippen LogP contribution in [0.25, 0.3) is 0 Å². The Kier molecular flexibility index (Phi) is 9.07. The number of carboxylic acid groups (broad SMARTS) is 1. The van der Waals surface area contributed by atoms with Crippen molar-refractivity contribution in [2.24, 2.45) is 16.8 Å². The number of thioether (sulfide) groups is 1. The topological polar surface area (TPSA) is 186 Å². The zero-order chi connectivity index (χ0) is 32.7. The van der Waals surface area contributed by atoms with E-state index in [0.29, 0.717) is 23.6 Å². The number of carbonyl (C=O) groups is 4. The summed E-state index contributed by atoms with van der Waals surface area (Å²) >= 11 is 1.24. The smallest absolute Gasteiger partial charge is 0.410 e. The zero-order valence-corrected chi connectivity index (χ0v) is 26.2. The van der Waals surface area contributed by atoms with Crippen LogP contribution in [-0.4, -0.2) is 128 Å². The molecule has 1 aromatic carbocycles. The third kappa shape index (κ3) is 6.08. The van der Waals surface area contributed by atoms with Crippen LogP contribution in [0.3, 0.4) is 0 Å². The molecule has 0 bridgehead atoms. The second kappa shape index (κ2) is 12.7. The van der Waals surface area contributed by atoms with Gasteiger partial charge in [-0.1, -0.05) is 6.92 Å². The van der Waals surface area contributed by atoms with Gasteiger partial charge in [0.15, 0.2) is 0 Å². The minimum atomic E-state index is -1.25. The number of hydrogen-bond donors (Lipinski definition) is 2. The first-order valence-corrected chi connectivity index (χ1v) is 15.5. The lowest BCUT2D eigenvalue weighted by molar-refractivity contribution is -0.384. The number of aliphatic imine (C=N–C) groups is 1. The third-order valence-electron chi connectivity index (χ3n) is 8.72. The number of non-ortho nitro benzene ring substituents is 1. The molecule has 5 rings (SSSR count). The molecule has 0 radical (unpaired) electrons. The Balaban J connectivity index is 1.36. The summed E-state index contributed by atoms with van der Waals surface area (Å²) in [6.45, 7) is 4.32. The number of nitro benzene ring substituents is 1. The molecule has 1 aromatic rings. The Hall–Kier alpha value is -4.18. The molecule has 2 fully saturated rings. The number of fused-ring (bicyclic) bond motifs is 1. The lowest BCUT2D eigenvalue weighted by atomic mass is 9.79. The quantitative estimate of drug-likeness (QED) is 0.236. The first-order chi connectivity index (χ1) is 21.3. The molecule has 0 unspecified atom stereocenters. The van der Waals surface area contributed by atoms with Gasteiger partial charge in [-0.05, 0) is 31.0 Å². The molecule has 2 saturated heterocycles. The molecule has 2 N–H and O–H groups in total. The van der Waals surface area contributed by atoms with Gasteiger partial charge in [-0.2, -0.15) is 0 Å². The Morgan fingerprint density at radius 3 is 2.53 bits per heavy atom. The van der Waals surface area contributed by atoms with Crippen molar-refractivity contribution in [3.63, 3.8) is 0 Å². The van der Waals surface area contributed by atoms with Gasteiger partial charge in [0.05, 0.1) is 36.1 Å². The predicted molar refractivity (Wildman–Crippen MR) is 162 cm³/mol. The molecule has 0 aliphatic carbocycles. The number of hydrogen-bond acceptors (Lipinski definition) is 11. The van der Waals surface area contributed by atoms with Crippen molar-refractivity contribution in [1.29, 1.82) is 0 Å². The average Bonchev–Trinajstić information content (AvgIpc) is 3.53. The van der Waals surface area contributed by atoms with Crippen LogP contribution in [0.15, 0.2) is 39.9 Å². The maximum absolute atomic E-state index is 13.9. The predicted octanol–water partition coefficient (Wildman–Crippen LogP) is 1.36. The largest absolute Gasteiger partial charge is 0.477 e. The normalized spacial score (nSPS) is 26.7. The second-order valence-electron chi connectivity index (χ2n) is 11.8. The summed E-state index contributed by atoms with van der Waals surface area (Å²) < 4.78 is 5.56. The number of aliphatic hydroxyl groups excluding tert-OH is 1. The fraction of sp³-hybridized carbons (Fsp3) is 0.552. The van der Waals surface area contributed by atoms with Gasteiger partial charge in [0.1, 0.15) is 24.2 Å². The Morgan fingerprint density at radius 2 is 1.93 bits per heavy atom. The number of likely N-dealkylation sites (tertiary alicyclic amines) is 1. The fourth-order valence-electron chi connectivity index (χ4n) is 6.40. The molecule has 4 aliphatic rings. The van der Waals surface area contributed by atoms with E-state index in [-0.39, 0.29) is 54.6 Å². The van der Waals surface area contributed by atoms with E-state index in [0.717, 1.165) is 5.84 Å². The number of likely N-dealkylation sites (N-methyl/N-ethyl adjacent to an activating group) is 1. The molecule has 6 atom stereocenters. The van der Waals surface area contributed by atoms with E-state index in [9.17, 15) is 39.5 Å².